The summed E-state index contributed by atoms with van der Waals surface area (Å²) in [7, 11) is 0. The molecule has 84 valence electrons. The smallest absolute Gasteiger partial charge is 0.0137 e. The molecule has 0 saturated heterocycles. The van der Waals surface area contributed by atoms with E-state index in [1.807, 2.05) is 5.57 Å². The van der Waals surface area contributed by atoms with Crippen molar-refractivity contribution in [2.75, 3.05) is 0 Å². The van der Waals surface area contributed by atoms with Crippen LogP contribution in [0.15, 0.2) is 22.3 Å². The summed E-state index contributed by atoms with van der Waals surface area (Å²) in [4.78, 5) is 0. The number of fused-ring (bicyclic) bond motifs is 1. The molecule has 0 nitrogen and oxygen atoms in total. The van der Waals surface area contributed by atoms with E-state index in [9.17, 15) is 0 Å². The van der Waals surface area contributed by atoms with E-state index in [1.54, 1.807) is 16.7 Å². The quantitative estimate of drug-likeness (QED) is 0.494. The van der Waals surface area contributed by atoms with E-state index >= 15 is 0 Å². The molecule has 15 heavy (non-hydrogen) atoms. The Morgan fingerprint density at radius 3 is 2.53 bits per heavy atom. The highest BCUT2D eigenvalue weighted by molar-refractivity contribution is 5.27. The summed E-state index contributed by atoms with van der Waals surface area (Å²) in [5.74, 6) is 1.81. The second-order valence-electron chi connectivity index (χ2n) is 5.74. The van der Waals surface area contributed by atoms with E-state index < -0.39 is 0 Å². The van der Waals surface area contributed by atoms with E-state index in [1.165, 1.54) is 32.1 Å². The Morgan fingerprint density at radius 1 is 1.13 bits per heavy atom. The average Bonchev–Trinajstić information content (AvgIpc) is 2.43. The van der Waals surface area contributed by atoms with Crippen LogP contribution in [-0.2, 0) is 0 Å². The third kappa shape index (κ3) is 2.04. The Hall–Kier alpha value is -0.520. The highest BCUT2D eigenvalue weighted by Crippen LogP contribution is 2.45. The molecule has 2 rings (SSSR count). The zero-order valence-corrected chi connectivity index (χ0v) is 10.7. The van der Waals surface area contributed by atoms with Crippen molar-refractivity contribution in [3.63, 3.8) is 0 Å². The van der Waals surface area contributed by atoms with Crippen LogP contribution in [0.2, 0.25) is 0 Å². The van der Waals surface area contributed by atoms with E-state index in [-0.39, 0.29) is 0 Å². The first-order valence-electron chi connectivity index (χ1n) is 6.43. The molecule has 0 aromatic carbocycles. The van der Waals surface area contributed by atoms with E-state index in [2.05, 4.69) is 27.7 Å². The van der Waals surface area contributed by atoms with Crippen LogP contribution in [0.3, 0.4) is 0 Å². The zero-order chi connectivity index (χ0) is 11.0. The largest absolute Gasteiger partial charge is 0.0772 e. The lowest BCUT2D eigenvalue weighted by Gasteiger charge is -2.18. The van der Waals surface area contributed by atoms with Crippen molar-refractivity contribution < 1.29 is 0 Å². The topological polar surface area (TPSA) is 0 Å². The molecule has 1 fully saturated rings. The third-order valence-electron chi connectivity index (χ3n) is 4.53. The minimum Gasteiger partial charge on any atom is -0.0772 e. The first kappa shape index (κ1) is 11.0. The molecule has 2 aliphatic carbocycles. The number of allylic oxidation sites excluding steroid dienone is 4. The summed E-state index contributed by atoms with van der Waals surface area (Å²) in [5.41, 5.74) is 6.84. The van der Waals surface area contributed by atoms with Gasteiger partial charge in [-0.3, -0.25) is 0 Å². The molecule has 0 aromatic heterocycles. The van der Waals surface area contributed by atoms with E-state index in [0.717, 1.165) is 11.8 Å². The second kappa shape index (κ2) is 4.15. The molecule has 1 saturated carbocycles. The summed E-state index contributed by atoms with van der Waals surface area (Å²) in [5, 5.41) is 0. The lowest BCUT2D eigenvalue weighted by molar-refractivity contribution is 0.453. The van der Waals surface area contributed by atoms with Crippen LogP contribution in [0, 0.1) is 11.8 Å². The van der Waals surface area contributed by atoms with E-state index in [4.69, 9.17) is 0 Å². The van der Waals surface area contributed by atoms with Gasteiger partial charge in [-0.05, 0) is 64.7 Å². The van der Waals surface area contributed by atoms with Crippen LogP contribution in [0.4, 0.5) is 0 Å². The standard InChI is InChI=1S/C15H24/c1-10(2)13-7-5-11(3)14-8-6-12(4)15(14)9-13/h12,15H,5-9H2,1-4H3. The van der Waals surface area contributed by atoms with Crippen molar-refractivity contribution in [1.29, 1.82) is 0 Å². The van der Waals surface area contributed by atoms with Gasteiger partial charge in [0, 0.05) is 0 Å². The highest BCUT2D eigenvalue weighted by atomic mass is 14.4. The van der Waals surface area contributed by atoms with Crippen molar-refractivity contribution in [3.05, 3.63) is 22.3 Å². The summed E-state index contributed by atoms with van der Waals surface area (Å²) in [6.45, 7) is 9.39. The molecule has 0 amide bonds. The molecule has 2 aliphatic rings. The fourth-order valence-corrected chi connectivity index (χ4v) is 3.29. The molecule has 0 radical (unpaired) electrons. The predicted molar refractivity (Wildman–Crippen MR) is 66.8 cm³/mol. The van der Waals surface area contributed by atoms with Crippen molar-refractivity contribution in [1.82, 2.24) is 0 Å². The second-order valence-corrected chi connectivity index (χ2v) is 5.74. The van der Waals surface area contributed by atoms with Crippen molar-refractivity contribution >= 4 is 0 Å². The van der Waals surface area contributed by atoms with Gasteiger partial charge in [0.05, 0.1) is 0 Å². The molecule has 0 spiro atoms. The summed E-state index contributed by atoms with van der Waals surface area (Å²) in [6, 6.07) is 0. The molecule has 0 heteroatoms. The van der Waals surface area contributed by atoms with Gasteiger partial charge in [-0.2, -0.15) is 0 Å². The Labute approximate surface area is 94.5 Å². The molecule has 2 unspecified atom stereocenters. The van der Waals surface area contributed by atoms with Gasteiger partial charge in [-0.15, -0.1) is 0 Å². The molecule has 0 N–H and O–H groups in total. The Morgan fingerprint density at radius 2 is 1.87 bits per heavy atom. The van der Waals surface area contributed by atoms with Crippen molar-refractivity contribution in [2.24, 2.45) is 11.8 Å². The van der Waals surface area contributed by atoms with Crippen LogP contribution >= 0.6 is 0 Å². The van der Waals surface area contributed by atoms with Crippen LogP contribution in [0.5, 0.6) is 0 Å². The normalized spacial score (nSPS) is 31.6. The van der Waals surface area contributed by atoms with Crippen molar-refractivity contribution in [2.45, 2.75) is 59.8 Å². The maximum absolute atomic E-state index is 2.44. The molecule has 2 atom stereocenters. The Bertz CT molecular complexity index is 313. The van der Waals surface area contributed by atoms with Gasteiger partial charge in [0.15, 0.2) is 0 Å². The van der Waals surface area contributed by atoms with Crippen LogP contribution in [0.25, 0.3) is 0 Å². The highest BCUT2D eigenvalue weighted by Gasteiger charge is 2.31. The lowest BCUT2D eigenvalue weighted by Crippen LogP contribution is -2.06. The first-order chi connectivity index (χ1) is 7.09. The number of rotatable bonds is 0. The van der Waals surface area contributed by atoms with Crippen LogP contribution in [-0.4, -0.2) is 0 Å². The minimum absolute atomic E-state index is 0.886. The Kier molecular flexibility index (Phi) is 3.04. The molecular weight excluding hydrogens is 180 g/mol. The van der Waals surface area contributed by atoms with Crippen LogP contribution in [0.1, 0.15) is 59.8 Å². The molecular formula is C15H24. The maximum Gasteiger partial charge on any atom is -0.0137 e. The maximum atomic E-state index is 2.44. The van der Waals surface area contributed by atoms with Gasteiger partial charge in [-0.1, -0.05) is 29.2 Å². The number of hydrogen-bond donors (Lipinski definition) is 0. The molecule has 0 aliphatic heterocycles. The van der Waals surface area contributed by atoms with Gasteiger partial charge in [0.1, 0.15) is 0 Å². The van der Waals surface area contributed by atoms with Gasteiger partial charge < -0.3 is 0 Å². The Balaban J connectivity index is 2.30. The van der Waals surface area contributed by atoms with Crippen LogP contribution < -0.4 is 0 Å². The predicted octanol–water partition coefficient (Wildman–Crippen LogP) is 4.87. The van der Waals surface area contributed by atoms with Crippen molar-refractivity contribution in [3.8, 4) is 0 Å². The molecule has 0 heterocycles. The fraction of sp³-hybridized carbons (Fsp3) is 0.733. The third-order valence-corrected chi connectivity index (χ3v) is 4.53. The lowest BCUT2D eigenvalue weighted by atomic mass is 9.87. The fourth-order valence-electron chi connectivity index (χ4n) is 3.29. The SMILES string of the molecule is CC(C)=C1CCC(C)=C2CCC(C)C2C1. The average molecular weight is 204 g/mol. The first-order valence-corrected chi connectivity index (χ1v) is 6.43. The van der Waals surface area contributed by atoms with Gasteiger partial charge in [0.25, 0.3) is 0 Å². The monoisotopic (exact) mass is 204 g/mol. The molecule has 0 aromatic rings. The summed E-state index contributed by atoms with van der Waals surface area (Å²) < 4.78 is 0. The summed E-state index contributed by atoms with van der Waals surface area (Å²) >= 11 is 0. The number of hydrogen-bond acceptors (Lipinski definition) is 0. The minimum atomic E-state index is 0.886. The zero-order valence-electron chi connectivity index (χ0n) is 10.7. The van der Waals surface area contributed by atoms with Gasteiger partial charge >= 0.3 is 0 Å². The summed E-state index contributed by atoms with van der Waals surface area (Å²) in [6.07, 6.45) is 6.80. The molecule has 0 bridgehead atoms. The van der Waals surface area contributed by atoms with Gasteiger partial charge in [0.2, 0.25) is 0 Å². The van der Waals surface area contributed by atoms with Gasteiger partial charge in [-0.25, -0.2) is 0 Å². The van der Waals surface area contributed by atoms with E-state index in [0.29, 0.717) is 0 Å².